The molecule has 1 fully saturated rings. The predicted octanol–water partition coefficient (Wildman–Crippen LogP) is 4.36. The van der Waals surface area contributed by atoms with E-state index in [1.807, 2.05) is 0 Å². The van der Waals surface area contributed by atoms with Crippen molar-refractivity contribution in [2.45, 2.75) is 25.1 Å². The van der Waals surface area contributed by atoms with Crippen molar-refractivity contribution < 1.29 is 17.9 Å². The third kappa shape index (κ3) is 3.44. The summed E-state index contributed by atoms with van der Waals surface area (Å²) in [6.45, 7) is 0. The number of hydrogen-bond acceptors (Lipinski definition) is 3. The summed E-state index contributed by atoms with van der Waals surface area (Å²) >= 11 is 5.66. The maximum absolute atomic E-state index is 12.7. The molecule has 0 spiro atoms. The van der Waals surface area contributed by atoms with Gasteiger partial charge in [0.15, 0.2) is 0 Å². The molecular weight excluding hydrogens is 305 g/mol. The molecule has 0 bridgehead atoms. The van der Waals surface area contributed by atoms with Crippen molar-refractivity contribution in [3.05, 3.63) is 41.3 Å². The van der Waals surface area contributed by atoms with Gasteiger partial charge in [0.05, 0.1) is 11.8 Å². The molecule has 0 N–H and O–H groups in total. The number of halogens is 4. The van der Waals surface area contributed by atoms with E-state index < -0.39 is 12.0 Å². The summed E-state index contributed by atoms with van der Waals surface area (Å²) in [5, 5.41) is -0.249. The van der Waals surface area contributed by atoms with Crippen molar-refractivity contribution in [1.29, 1.82) is 0 Å². The summed E-state index contributed by atoms with van der Waals surface area (Å²) in [5.74, 6) is -0.642. The Morgan fingerprint density at radius 2 is 1.90 bits per heavy atom. The monoisotopic (exact) mass is 314 g/mol. The molecule has 21 heavy (non-hydrogen) atoms. The van der Waals surface area contributed by atoms with Gasteiger partial charge in [-0.25, -0.2) is 9.97 Å². The number of alkyl halides is 3. The SMILES string of the molecule is FC(F)(F)c1nc(Cl)cc(-c2cccc(OC3CC3)c2)n1. The Balaban J connectivity index is 1.97. The minimum atomic E-state index is -4.64. The second kappa shape index (κ2) is 5.18. The first-order chi connectivity index (χ1) is 9.91. The first-order valence-corrected chi connectivity index (χ1v) is 6.68. The topological polar surface area (TPSA) is 35.0 Å². The van der Waals surface area contributed by atoms with Crippen LogP contribution in [0.3, 0.4) is 0 Å². The predicted molar refractivity (Wildman–Crippen MR) is 71.1 cm³/mol. The Kier molecular flexibility index (Phi) is 3.49. The summed E-state index contributed by atoms with van der Waals surface area (Å²) in [5.41, 5.74) is 0.617. The Labute approximate surface area is 123 Å². The van der Waals surface area contributed by atoms with Crippen LogP contribution in [0.4, 0.5) is 13.2 Å². The van der Waals surface area contributed by atoms with Crippen molar-refractivity contribution in [1.82, 2.24) is 9.97 Å². The van der Waals surface area contributed by atoms with E-state index in [1.54, 1.807) is 24.3 Å². The van der Waals surface area contributed by atoms with E-state index in [0.29, 0.717) is 11.3 Å². The van der Waals surface area contributed by atoms with E-state index in [1.165, 1.54) is 6.07 Å². The van der Waals surface area contributed by atoms with E-state index in [2.05, 4.69) is 9.97 Å². The van der Waals surface area contributed by atoms with Gasteiger partial charge >= 0.3 is 6.18 Å². The minimum Gasteiger partial charge on any atom is -0.490 e. The molecule has 1 aliphatic rings. The fourth-order valence-electron chi connectivity index (χ4n) is 1.80. The lowest BCUT2D eigenvalue weighted by molar-refractivity contribution is -0.144. The average Bonchev–Trinajstić information content (AvgIpc) is 3.21. The molecule has 3 nitrogen and oxygen atoms in total. The third-order valence-electron chi connectivity index (χ3n) is 2.91. The van der Waals surface area contributed by atoms with Gasteiger partial charge in [0.1, 0.15) is 10.9 Å². The van der Waals surface area contributed by atoms with Gasteiger partial charge < -0.3 is 4.74 Å². The lowest BCUT2D eigenvalue weighted by atomic mass is 10.1. The number of nitrogens with zero attached hydrogens (tertiary/aromatic N) is 2. The fraction of sp³-hybridized carbons (Fsp3) is 0.286. The van der Waals surface area contributed by atoms with Crippen LogP contribution in [0.2, 0.25) is 5.15 Å². The molecule has 2 aromatic rings. The lowest BCUT2D eigenvalue weighted by Crippen LogP contribution is -2.11. The number of ether oxygens (including phenoxy) is 1. The van der Waals surface area contributed by atoms with Crippen LogP contribution in [0.25, 0.3) is 11.3 Å². The van der Waals surface area contributed by atoms with E-state index in [0.717, 1.165) is 12.8 Å². The fourth-order valence-corrected chi connectivity index (χ4v) is 1.98. The van der Waals surface area contributed by atoms with Crippen molar-refractivity contribution >= 4 is 11.6 Å². The third-order valence-corrected chi connectivity index (χ3v) is 3.10. The van der Waals surface area contributed by atoms with Crippen LogP contribution in [0.1, 0.15) is 18.7 Å². The molecule has 3 rings (SSSR count). The maximum atomic E-state index is 12.7. The van der Waals surface area contributed by atoms with Crippen molar-refractivity contribution in [2.75, 3.05) is 0 Å². The Bertz CT molecular complexity index is 672. The summed E-state index contributed by atoms with van der Waals surface area (Å²) in [6.07, 6.45) is -2.43. The largest absolute Gasteiger partial charge is 0.490 e. The molecule has 1 aromatic heterocycles. The standard InChI is InChI=1S/C14H10ClF3N2O/c15-12-7-11(19-13(20-12)14(16,17)18)8-2-1-3-10(6-8)21-9-4-5-9/h1-3,6-7,9H,4-5H2. The van der Waals surface area contributed by atoms with Crippen molar-refractivity contribution in [2.24, 2.45) is 0 Å². The van der Waals surface area contributed by atoms with Gasteiger partial charge in [0.2, 0.25) is 5.82 Å². The molecule has 1 aliphatic carbocycles. The molecule has 1 aromatic carbocycles. The molecule has 0 amide bonds. The van der Waals surface area contributed by atoms with Crippen LogP contribution in [-0.2, 0) is 6.18 Å². The highest BCUT2D eigenvalue weighted by Gasteiger charge is 2.35. The smallest absolute Gasteiger partial charge is 0.451 e. The minimum absolute atomic E-state index is 0.114. The first kappa shape index (κ1) is 14.1. The van der Waals surface area contributed by atoms with Gasteiger partial charge in [0, 0.05) is 11.6 Å². The van der Waals surface area contributed by atoms with Gasteiger partial charge in [-0.2, -0.15) is 13.2 Å². The van der Waals surface area contributed by atoms with Gasteiger partial charge in [-0.15, -0.1) is 0 Å². The zero-order valence-corrected chi connectivity index (χ0v) is 11.4. The average molecular weight is 315 g/mol. The number of rotatable bonds is 3. The summed E-state index contributed by atoms with van der Waals surface area (Å²) in [6, 6.07) is 8.06. The van der Waals surface area contributed by atoms with Crippen molar-refractivity contribution in [3.8, 4) is 17.0 Å². The van der Waals surface area contributed by atoms with Gasteiger partial charge in [-0.05, 0) is 25.0 Å². The Hall–Kier alpha value is -1.82. The summed E-state index contributed by atoms with van der Waals surface area (Å²) < 4.78 is 43.8. The Morgan fingerprint density at radius 3 is 2.57 bits per heavy atom. The van der Waals surface area contributed by atoms with Crippen LogP contribution in [0, 0.1) is 0 Å². The van der Waals surface area contributed by atoms with Gasteiger partial charge in [-0.3, -0.25) is 0 Å². The number of hydrogen-bond donors (Lipinski definition) is 0. The molecule has 0 unspecified atom stereocenters. The van der Waals surface area contributed by atoms with Gasteiger partial charge in [0.25, 0.3) is 0 Å². The van der Waals surface area contributed by atoms with E-state index in [4.69, 9.17) is 16.3 Å². The van der Waals surface area contributed by atoms with E-state index >= 15 is 0 Å². The highest BCUT2D eigenvalue weighted by molar-refractivity contribution is 6.29. The molecule has 1 heterocycles. The molecule has 0 saturated heterocycles. The highest BCUT2D eigenvalue weighted by Crippen LogP contribution is 2.32. The van der Waals surface area contributed by atoms with Crippen LogP contribution >= 0.6 is 11.6 Å². The quantitative estimate of drug-likeness (QED) is 0.790. The first-order valence-electron chi connectivity index (χ1n) is 6.31. The van der Waals surface area contributed by atoms with Crippen LogP contribution in [-0.4, -0.2) is 16.1 Å². The zero-order chi connectivity index (χ0) is 15.0. The van der Waals surface area contributed by atoms with E-state index in [-0.39, 0.29) is 17.0 Å². The van der Waals surface area contributed by atoms with Crippen LogP contribution in [0.5, 0.6) is 5.75 Å². The maximum Gasteiger partial charge on any atom is 0.451 e. The van der Waals surface area contributed by atoms with Crippen LogP contribution in [0.15, 0.2) is 30.3 Å². The highest BCUT2D eigenvalue weighted by atomic mass is 35.5. The second-order valence-corrected chi connectivity index (χ2v) is 5.13. The molecule has 1 saturated carbocycles. The molecule has 0 radical (unpaired) electrons. The molecule has 0 atom stereocenters. The number of benzene rings is 1. The Morgan fingerprint density at radius 1 is 1.14 bits per heavy atom. The van der Waals surface area contributed by atoms with Crippen LogP contribution < -0.4 is 4.74 Å². The second-order valence-electron chi connectivity index (χ2n) is 4.74. The van der Waals surface area contributed by atoms with Gasteiger partial charge in [-0.1, -0.05) is 23.7 Å². The summed E-state index contributed by atoms with van der Waals surface area (Å²) in [4.78, 5) is 6.74. The molecular formula is C14H10ClF3N2O. The molecule has 7 heteroatoms. The summed E-state index contributed by atoms with van der Waals surface area (Å²) in [7, 11) is 0. The molecule has 110 valence electrons. The molecule has 0 aliphatic heterocycles. The number of aromatic nitrogens is 2. The van der Waals surface area contributed by atoms with E-state index in [9.17, 15) is 13.2 Å². The lowest BCUT2D eigenvalue weighted by Gasteiger charge is -2.09. The van der Waals surface area contributed by atoms with Crippen molar-refractivity contribution in [3.63, 3.8) is 0 Å². The normalized spacial score (nSPS) is 15.0. The zero-order valence-electron chi connectivity index (χ0n) is 10.7.